The molecule has 0 radical (unpaired) electrons. The van der Waals surface area contributed by atoms with Crippen molar-refractivity contribution in [3.8, 4) is 0 Å². The van der Waals surface area contributed by atoms with Gasteiger partial charge >= 0.3 is 0 Å². The van der Waals surface area contributed by atoms with E-state index in [-0.39, 0.29) is 5.91 Å². The van der Waals surface area contributed by atoms with Crippen LogP contribution in [0.15, 0.2) is 0 Å². The van der Waals surface area contributed by atoms with Crippen LogP contribution in [0, 0.1) is 5.92 Å². The van der Waals surface area contributed by atoms with Crippen LogP contribution in [-0.4, -0.2) is 24.5 Å². The molecule has 0 aromatic carbocycles. The van der Waals surface area contributed by atoms with Crippen LogP contribution in [0.25, 0.3) is 0 Å². The van der Waals surface area contributed by atoms with Crippen LogP contribution in [0.2, 0.25) is 0 Å². The Bertz CT molecular complexity index is 204. The van der Waals surface area contributed by atoms with Gasteiger partial charge in [-0.05, 0) is 25.2 Å². The minimum Gasteiger partial charge on any atom is -0.353 e. The van der Waals surface area contributed by atoms with Crippen LogP contribution >= 0.6 is 0 Å². The van der Waals surface area contributed by atoms with E-state index in [1.807, 2.05) is 0 Å². The molecular weight excluding hydrogens is 188 g/mol. The van der Waals surface area contributed by atoms with Crippen molar-refractivity contribution in [1.29, 1.82) is 0 Å². The zero-order chi connectivity index (χ0) is 11.3. The number of nitrogens with one attached hydrogen (secondary N) is 2. The molecule has 3 nitrogen and oxygen atoms in total. The summed E-state index contributed by atoms with van der Waals surface area (Å²) in [6.07, 6.45) is 4.17. The fourth-order valence-electron chi connectivity index (χ4n) is 2.11. The standard InChI is InChI=1S/C12H24N2O/c1-9(2)13-7-6-12(15)14-11-5-4-10(3)8-11/h9-11,13H,4-8H2,1-3H3,(H,14,15). The Kier molecular flexibility index (Phi) is 5.09. The fourth-order valence-corrected chi connectivity index (χ4v) is 2.11. The third-order valence-corrected chi connectivity index (χ3v) is 2.96. The smallest absolute Gasteiger partial charge is 0.221 e. The topological polar surface area (TPSA) is 41.1 Å². The van der Waals surface area contributed by atoms with Gasteiger partial charge in [-0.25, -0.2) is 0 Å². The Morgan fingerprint density at radius 2 is 2.13 bits per heavy atom. The maximum atomic E-state index is 11.5. The van der Waals surface area contributed by atoms with E-state index in [1.54, 1.807) is 0 Å². The molecule has 1 aliphatic rings. The van der Waals surface area contributed by atoms with Crippen molar-refractivity contribution in [3.05, 3.63) is 0 Å². The normalized spacial score (nSPS) is 25.9. The van der Waals surface area contributed by atoms with E-state index in [4.69, 9.17) is 0 Å². The van der Waals surface area contributed by atoms with Gasteiger partial charge in [0.2, 0.25) is 5.91 Å². The molecule has 88 valence electrons. The predicted molar refractivity (Wildman–Crippen MR) is 62.7 cm³/mol. The van der Waals surface area contributed by atoms with E-state index >= 15 is 0 Å². The lowest BCUT2D eigenvalue weighted by Gasteiger charge is -2.13. The first kappa shape index (κ1) is 12.5. The van der Waals surface area contributed by atoms with Crippen LogP contribution in [0.3, 0.4) is 0 Å². The molecule has 0 bridgehead atoms. The summed E-state index contributed by atoms with van der Waals surface area (Å²) < 4.78 is 0. The summed E-state index contributed by atoms with van der Waals surface area (Å²) in [6, 6.07) is 0.899. The van der Waals surface area contributed by atoms with Gasteiger partial charge in [0, 0.05) is 25.0 Å². The van der Waals surface area contributed by atoms with Gasteiger partial charge in [0.1, 0.15) is 0 Å². The maximum Gasteiger partial charge on any atom is 0.221 e. The highest BCUT2D eigenvalue weighted by Gasteiger charge is 2.22. The van der Waals surface area contributed by atoms with Crippen LogP contribution in [0.5, 0.6) is 0 Å². The van der Waals surface area contributed by atoms with Crippen molar-refractivity contribution in [2.24, 2.45) is 5.92 Å². The largest absolute Gasteiger partial charge is 0.353 e. The van der Waals surface area contributed by atoms with Gasteiger partial charge in [-0.15, -0.1) is 0 Å². The third kappa shape index (κ3) is 5.17. The third-order valence-electron chi connectivity index (χ3n) is 2.96. The average Bonchev–Trinajstić information content (AvgIpc) is 2.50. The molecule has 0 saturated heterocycles. The second-order valence-corrected chi connectivity index (χ2v) is 5.04. The molecule has 2 N–H and O–H groups in total. The van der Waals surface area contributed by atoms with Crippen molar-refractivity contribution in [3.63, 3.8) is 0 Å². The molecule has 3 heteroatoms. The fraction of sp³-hybridized carbons (Fsp3) is 0.917. The van der Waals surface area contributed by atoms with E-state index in [0.717, 1.165) is 25.3 Å². The SMILES string of the molecule is CC1CCC(NC(=O)CCNC(C)C)C1. The van der Waals surface area contributed by atoms with Gasteiger partial charge in [0.15, 0.2) is 0 Å². The van der Waals surface area contributed by atoms with E-state index in [0.29, 0.717) is 18.5 Å². The second kappa shape index (κ2) is 6.11. The van der Waals surface area contributed by atoms with Crippen molar-refractivity contribution in [2.45, 2.75) is 58.5 Å². The number of carbonyl (C=O) groups is 1. The maximum absolute atomic E-state index is 11.5. The van der Waals surface area contributed by atoms with Crippen molar-refractivity contribution in [1.82, 2.24) is 10.6 Å². The molecule has 0 aromatic heterocycles. The minimum absolute atomic E-state index is 0.197. The molecule has 1 amide bonds. The zero-order valence-corrected chi connectivity index (χ0v) is 10.2. The van der Waals surface area contributed by atoms with Gasteiger partial charge in [-0.1, -0.05) is 20.8 Å². The lowest BCUT2D eigenvalue weighted by molar-refractivity contribution is -0.121. The first-order chi connectivity index (χ1) is 7.08. The Morgan fingerprint density at radius 3 is 2.67 bits per heavy atom. The van der Waals surface area contributed by atoms with E-state index in [9.17, 15) is 4.79 Å². The molecule has 1 rings (SSSR count). The van der Waals surface area contributed by atoms with Crippen LogP contribution in [0.1, 0.15) is 46.5 Å². The molecular formula is C12H24N2O. The van der Waals surface area contributed by atoms with Crippen molar-refractivity contribution >= 4 is 5.91 Å². The van der Waals surface area contributed by atoms with Crippen LogP contribution < -0.4 is 10.6 Å². The summed E-state index contributed by atoms with van der Waals surface area (Å²) in [5, 5.41) is 6.35. The molecule has 0 heterocycles. The Balaban J connectivity index is 2.08. The Labute approximate surface area is 93.0 Å². The highest BCUT2D eigenvalue weighted by molar-refractivity contribution is 5.76. The molecule has 1 aliphatic carbocycles. The molecule has 1 saturated carbocycles. The molecule has 0 aliphatic heterocycles. The lowest BCUT2D eigenvalue weighted by Crippen LogP contribution is -2.35. The summed E-state index contributed by atoms with van der Waals surface area (Å²) in [7, 11) is 0. The summed E-state index contributed by atoms with van der Waals surface area (Å²) in [5.41, 5.74) is 0. The molecule has 2 unspecified atom stereocenters. The molecule has 1 fully saturated rings. The second-order valence-electron chi connectivity index (χ2n) is 5.04. The van der Waals surface area contributed by atoms with E-state index in [2.05, 4.69) is 31.4 Å². The summed E-state index contributed by atoms with van der Waals surface area (Å²) in [6.45, 7) is 7.23. The molecule has 2 atom stereocenters. The lowest BCUT2D eigenvalue weighted by atomic mass is 10.1. The minimum atomic E-state index is 0.197. The van der Waals surface area contributed by atoms with Crippen molar-refractivity contribution in [2.75, 3.05) is 6.54 Å². The van der Waals surface area contributed by atoms with Gasteiger partial charge in [-0.2, -0.15) is 0 Å². The van der Waals surface area contributed by atoms with E-state index in [1.165, 1.54) is 6.42 Å². The van der Waals surface area contributed by atoms with Crippen molar-refractivity contribution < 1.29 is 4.79 Å². The van der Waals surface area contributed by atoms with Crippen LogP contribution in [0.4, 0.5) is 0 Å². The molecule has 15 heavy (non-hydrogen) atoms. The molecule has 0 aromatic rings. The quantitative estimate of drug-likeness (QED) is 0.728. The number of amides is 1. The summed E-state index contributed by atoms with van der Waals surface area (Å²) in [4.78, 5) is 11.5. The van der Waals surface area contributed by atoms with Gasteiger partial charge in [-0.3, -0.25) is 4.79 Å². The summed E-state index contributed by atoms with van der Waals surface area (Å²) in [5.74, 6) is 0.978. The number of carbonyl (C=O) groups excluding carboxylic acids is 1. The first-order valence-corrected chi connectivity index (χ1v) is 6.10. The van der Waals surface area contributed by atoms with Crippen LogP contribution in [-0.2, 0) is 4.79 Å². The van der Waals surface area contributed by atoms with E-state index < -0.39 is 0 Å². The Hall–Kier alpha value is -0.570. The highest BCUT2D eigenvalue weighted by atomic mass is 16.1. The average molecular weight is 212 g/mol. The predicted octanol–water partition coefficient (Wildman–Crippen LogP) is 1.68. The zero-order valence-electron chi connectivity index (χ0n) is 10.2. The van der Waals surface area contributed by atoms with Gasteiger partial charge in [0.25, 0.3) is 0 Å². The number of rotatable bonds is 5. The molecule has 0 spiro atoms. The highest BCUT2D eigenvalue weighted by Crippen LogP contribution is 2.24. The first-order valence-electron chi connectivity index (χ1n) is 6.10. The van der Waals surface area contributed by atoms with Gasteiger partial charge in [0.05, 0.1) is 0 Å². The number of hydrogen-bond acceptors (Lipinski definition) is 2. The monoisotopic (exact) mass is 212 g/mol. The van der Waals surface area contributed by atoms with Gasteiger partial charge < -0.3 is 10.6 Å². The number of hydrogen-bond donors (Lipinski definition) is 2. The summed E-state index contributed by atoms with van der Waals surface area (Å²) >= 11 is 0. The Morgan fingerprint density at radius 1 is 1.40 bits per heavy atom.